The SMILES string of the molecule is COc1ccc(-c2nc(C3CCCCC3C(=O)N(C)O)oc2-c2ccc(S(N)(=O)=O)cc2)cc1F. The van der Waals surface area contributed by atoms with Crippen LogP contribution in [0, 0.1) is 11.7 Å². The molecule has 1 amide bonds. The summed E-state index contributed by atoms with van der Waals surface area (Å²) in [6, 6.07) is 10.1. The lowest BCUT2D eigenvalue weighted by molar-refractivity contribution is -0.166. The van der Waals surface area contributed by atoms with E-state index in [4.69, 9.17) is 14.3 Å². The lowest BCUT2D eigenvalue weighted by atomic mass is 9.78. The third-order valence-corrected chi connectivity index (χ3v) is 7.16. The maximum absolute atomic E-state index is 14.5. The Kier molecular flexibility index (Phi) is 6.93. The highest BCUT2D eigenvalue weighted by Crippen LogP contribution is 2.42. The first kappa shape index (κ1) is 24.8. The van der Waals surface area contributed by atoms with E-state index >= 15 is 0 Å². The van der Waals surface area contributed by atoms with E-state index in [9.17, 15) is 22.8 Å². The van der Waals surface area contributed by atoms with Gasteiger partial charge in [-0.05, 0) is 55.3 Å². The van der Waals surface area contributed by atoms with Crippen molar-refractivity contribution in [3.63, 3.8) is 0 Å². The van der Waals surface area contributed by atoms with Crippen molar-refractivity contribution in [2.75, 3.05) is 14.2 Å². The topological polar surface area (TPSA) is 136 Å². The standard InChI is InChI=1S/C24H26FN3O6S/c1-28(30)24(29)18-6-4-3-5-17(18)23-27-21(15-9-12-20(33-2)19(25)13-15)22(34-23)14-7-10-16(11-8-14)35(26,31)32/h7-13,17-18,30H,3-6H2,1-2H3,(H2,26,31,32). The van der Waals surface area contributed by atoms with Gasteiger partial charge in [-0.2, -0.15) is 0 Å². The summed E-state index contributed by atoms with van der Waals surface area (Å²) in [5, 5.41) is 15.5. The minimum absolute atomic E-state index is 0.0676. The summed E-state index contributed by atoms with van der Waals surface area (Å²) in [4.78, 5) is 17.2. The van der Waals surface area contributed by atoms with Gasteiger partial charge < -0.3 is 9.15 Å². The molecule has 3 N–H and O–H groups in total. The van der Waals surface area contributed by atoms with E-state index in [-0.39, 0.29) is 16.6 Å². The van der Waals surface area contributed by atoms with Crippen molar-refractivity contribution in [3.8, 4) is 28.3 Å². The van der Waals surface area contributed by atoms with Gasteiger partial charge >= 0.3 is 0 Å². The zero-order chi connectivity index (χ0) is 25.3. The Morgan fingerprint density at radius 1 is 1.17 bits per heavy atom. The van der Waals surface area contributed by atoms with Gasteiger partial charge in [-0.3, -0.25) is 10.0 Å². The van der Waals surface area contributed by atoms with Crippen LogP contribution in [0.3, 0.4) is 0 Å². The van der Waals surface area contributed by atoms with Gasteiger partial charge in [-0.15, -0.1) is 0 Å². The van der Waals surface area contributed by atoms with E-state index in [1.807, 2.05) is 0 Å². The van der Waals surface area contributed by atoms with Crippen molar-refractivity contribution >= 4 is 15.9 Å². The largest absolute Gasteiger partial charge is 0.494 e. The quantitative estimate of drug-likeness (QED) is 0.384. The Morgan fingerprint density at radius 3 is 2.43 bits per heavy atom. The highest BCUT2D eigenvalue weighted by Gasteiger charge is 2.37. The monoisotopic (exact) mass is 503 g/mol. The molecule has 0 spiro atoms. The molecule has 4 rings (SSSR count). The zero-order valence-corrected chi connectivity index (χ0v) is 20.1. The lowest BCUT2D eigenvalue weighted by Gasteiger charge is -2.29. The van der Waals surface area contributed by atoms with Crippen LogP contribution in [0.25, 0.3) is 22.6 Å². The van der Waals surface area contributed by atoms with Gasteiger partial charge in [-0.25, -0.2) is 28.0 Å². The number of rotatable bonds is 6. The predicted molar refractivity (Wildman–Crippen MR) is 125 cm³/mol. The number of aromatic nitrogens is 1. The van der Waals surface area contributed by atoms with Crippen LogP contribution >= 0.6 is 0 Å². The molecule has 0 aliphatic heterocycles. The molecule has 1 heterocycles. The van der Waals surface area contributed by atoms with Gasteiger partial charge in [-0.1, -0.05) is 12.8 Å². The van der Waals surface area contributed by atoms with Gasteiger partial charge in [0.15, 0.2) is 23.2 Å². The number of hydroxylamine groups is 2. The number of hydrogen-bond donors (Lipinski definition) is 2. The Morgan fingerprint density at radius 2 is 1.83 bits per heavy atom. The van der Waals surface area contributed by atoms with Crippen molar-refractivity contribution in [2.45, 2.75) is 36.5 Å². The van der Waals surface area contributed by atoms with E-state index in [0.717, 1.165) is 12.8 Å². The Hall–Kier alpha value is -3.28. The van der Waals surface area contributed by atoms with Crippen molar-refractivity contribution in [1.29, 1.82) is 0 Å². The summed E-state index contributed by atoms with van der Waals surface area (Å²) in [6.45, 7) is 0. The third kappa shape index (κ3) is 5.07. The molecule has 3 aromatic rings. The molecular weight excluding hydrogens is 477 g/mol. The van der Waals surface area contributed by atoms with Gasteiger partial charge in [0, 0.05) is 24.1 Å². The number of oxazole rings is 1. The van der Waals surface area contributed by atoms with Crippen molar-refractivity contribution < 1.29 is 32.0 Å². The smallest absolute Gasteiger partial charge is 0.249 e. The molecule has 1 aliphatic carbocycles. The fourth-order valence-electron chi connectivity index (χ4n) is 4.46. The normalized spacial score (nSPS) is 18.3. The van der Waals surface area contributed by atoms with E-state index < -0.39 is 27.7 Å². The van der Waals surface area contributed by atoms with Crippen molar-refractivity contribution in [2.24, 2.45) is 11.1 Å². The fourth-order valence-corrected chi connectivity index (χ4v) is 4.97. The molecule has 0 bridgehead atoms. The van der Waals surface area contributed by atoms with Crippen LogP contribution in [0.4, 0.5) is 4.39 Å². The van der Waals surface area contributed by atoms with E-state index in [1.165, 1.54) is 50.6 Å². The number of nitrogens with two attached hydrogens (primary N) is 1. The molecule has 1 aromatic heterocycles. The summed E-state index contributed by atoms with van der Waals surface area (Å²) < 4.78 is 49.0. The number of hydrogen-bond acceptors (Lipinski definition) is 7. The van der Waals surface area contributed by atoms with Crippen LogP contribution in [-0.2, 0) is 14.8 Å². The van der Waals surface area contributed by atoms with E-state index in [0.29, 0.717) is 46.4 Å². The van der Waals surface area contributed by atoms with Crippen LogP contribution in [-0.4, -0.2) is 43.7 Å². The molecule has 11 heteroatoms. The predicted octanol–water partition coefficient (Wildman–Crippen LogP) is 3.93. The highest BCUT2D eigenvalue weighted by molar-refractivity contribution is 7.89. The second-order valence-electron chi connectivity index (χ2n) is 8.51. The number of sulfonamides is 1. The molecule has 1 aliphatic rings. The number of nitrogens with zero attached hydrogens (tertiary/aromatic N) is 2. The molecule has 2 aromatic carbocycles. The molecule has 0 saturated heterocycles. The second-order valence-corrected chi connectivity index (χ2v) is 10.1. The minimum atomic E-state index is -3.89. The molecule has 1 fully saturated rings. The number of primary sulfonamides is 1. The Bertz CT molecular complexity index is 1340. The summed E-state index contributed by atoms with van der Waals surface area (Å²) in [5.74, 6) is -1.26. The van der Waals surface area contributed by atoms with Crippen LogP contribution in [0.5, 0.6) is 5.75 Å². The Balaban J connectivity index is 1.84. The van der Waals surface area contributed by atoms with Crippen molar-refractivity contribution in [3.05, 3.63) is 54.2 Å². The molecule has 186 valence electrons. The first-order valence-electron chi connectivity index (χ1n) is 11.0. The van der Waals surface area contributed by atoms with Crippen LogP contribution in [0.15, 0.2) is 51.8 Å². The summed E-state index contributed by atoms with van der Waals surface area (Å²) in [7, 11) is -1.24. The highest BCUT2D eigenvalue weighted by atomic mass is 32.2. The van der Waals surface area contributed by atoms with Crippen LogP contribution in [0.1, 0.15) is 37.5 Å². The molecule has 1 saturated carbocycles. The number of halogens is 1. The van der Waals surface area contributed by atoms with Gasteiger partial charge in [0.1, 0.15) is 5.69 Å². The van der Waals surface area contributed by atoms with Gasteiger partial charge in [0.2, 0.25) is 15.9 Å². The number of methoxy groups -OCH3 is 1. The maximum atomic E-state index is 14.5. The summed E-state index contributed by atoms with van der Waals surface area (Å²) >= 11 is 0. The lowest BCUT2D eigenvalue weighted by Crippen LogP contribution is -2.35. The average Bonchev–Trinajstić information content (AvgIpc) is 3.28. The van der Waals surface area contributed by atoms with Crippen LogP contribution in [0.2, 0.25) is 0 Å². The van der Waals surface area contributed by atoms with Gasteiger partial charge in [0.05, 0.1) is 17.9 Å². The number of carbonyl (C=O) groups excluding carboxylic acids is 1. The molecule has 35 heavy (non-hydrogen) atoms. The number of ether oxygens (including phenoxy) is 1. The average molecular weight is 504 g/mol. The van der Waals surface area contributed by atoms with E-state index in [2.05, 4.69) is 4.98 Å². The summed E-state index contributed by atoms with van der Waals surface area (Å²) in [5.41, 5.74) is 1.25. The molecule has 2 atom stereocenters. The first-order chi connectivity index (χ1) is 16.6. The third-order valence-electron chi connectivity index (χ3n) is 6.23. The number of amides is 1. The molecule has 0 radical (unpaired) electrons. The van der Waals surface area contributed by atoms with Gasteiger partial charge in [0.25, 0.3) is 0 Å². The number of carbonyl (C=O) groups is 1. The molecule has 9 nitrogen and oxygen atoms in total. The second kappa shape index (κ2) is 9.76. The van der Waals surface area contributed by atoms with Crippen molar-refractivity contribution in [1.82, 2.24) is 10.0 Å². The fraction of sp³-hybridized carbons (Fsp3) is 0.333. The maximum Gasteiger partial charge on any atom is 0.249 e. The Labute approximate surface area is 202 Å². The molecular formula is C24H26FN3O6S. The molecule has 2 unspecified atom stereocenters. The van der Waals surface area contributed by atoms with Crippen LogP contribution < -0.4 is 9.88 Å². The summed E-state index contributed by atoms with van der Waals surface area (Å²) in [6.07, 6.45) is 2.89. The minimum Gasteiger partial charge on any atom is -0.494 e. The zero-order valence-electron chi connectivity index (χ0n) is 19.3. The number of benzene rings is 2. The van der Waals surface area contributed by atoms with E-state index in [1.54, 1.807) is 6.07 Å². The first-order valence-corrected chi connectivity index (χ1v) is 12.6.